The summed E-state index contributed by atoms with van der Waals surface area (Å²) in [4.78, 5) is 0. The Kier molecular flexibility index (Phi) is 5.46. The SMILES string of the molecule is C=C(C)C(NCCC)C1(OC)CCOCC1. The standard InChI is InChI=1S/C13H25NO2/c1-5-8-14-12(11(2)3)13(15-4)6-9-16-10-7-13/h12,14H,2,5-10H2,1,3-4H3. The third-order valence-corrected chi connectivity index (χ3v) is 3.36. The van der Waals surface area contributed by atoms with Crippen molar-refractivity contribution < 1.29 is 9.47 Å². The summed E-state index contributed by atoms with van der Waals surface area (Å²) in [5.41, 5.74) is 1.02. The Morgan fingerprint density at radius 1 is 1.50 bits per heavy atom. The molecular formula is C13H25NO2. The second-order valence-electron chi connectivity index (χ2n) is 4.61. The summed E-state index contributed by atoms with van der Waals surface area (Å²) in [5.74, 6) is 0. The maximum atomic E-state index is 5.80. The summed E-state index contributed by atoms with van der Waals surface area (Å²) in [6.07, 6.45) is 3.01. The van der Waals surface area contributed by atoms with Crippen LogP contribution >= 0.6 is 0 Å². The topological polar surface area (TPSA) is 30.5 Å². The summed E-state index contributed by atoms with van der Waals surface area (Å²) in [6, 6.07) is 0.237. The molecule has 0 aromatic rings. The molecule has 0 radical (unpaired) electrons. The van der Waals surface area contributed by atoms with Gasteiger partial charge in [0.05, 0.1) is 11.6 Å². The lowest BCUT2D eigenvalue weighted by Gasteiger charge is -2.43. The van der Waals surface area contributed by atoms with Gasteiger partial charge in [-0.25, -0.2) is 0 Å². The number of nitrogens with one attached hydrogen (secondary N) is 1. The summed E-state index contributed by atoms with van der Waals surface area (Å²) < 4.78 is 11.2. The molecule has 3 nitrogen and oxygen atoms in total. The molecule has 0 amide bonds. The largest absolute Gasteiger partial charge is 0.381 e. The van der Waals surface area contributed by atoms with Gasteiger partial charge in [0.15, 0.2) is 0 Å². The van der Waals surface area contributed by atoms with Crippen molar-refractivity contribution in [3.63, 3.8) is 0 Å². The number of methoxy groups -OCH3 is 1. The van der Waals surface area contributed by atoms with Crippen LogP contribution in [0.5, 0.6) is 0 Å². The van der Waals surface area contributed by atoms with Gasteiger partial charge >= 0.3 is 0 Å². The fourth-order valence-corrected chi connectivity index (χ4v) is 2.43. The molecule has 1 atom stereocenters. The molecule has 3 heteroatoms. The zero-order valence-electron chi connectivity index (χ0n) is 10.8. The highest BCUT2D eigenvalue weighted by Crippen LogP contribution is 2.31. The maximum Gasteiger partial charge on any atom is 0.0912 e. The van der Waals surface area contributed by atoms with E-state index >= 15 is 0 Å². The molecule has 94 valence electrons. The van der Waals surface area contributed by atoms with E-state index in [0.29, 0.717) is 0 Å². The quantitative estimate of drug-likeness (QED) is 0.705. The van der Waals surface area contributed by atoms with Crippen molar-refractivity contribution in [1.82, 2.24) is 5.32 Å². The first kappa shape index (κ1) is 13.7. The van der Waals surface area contributed by atoms with E-state index in [0.717, 1.165) is 44.6 Å². The molecule has 1 N–H and O–H groups in total. The van der Waals surface area contributed by atoms with Gasteiger partial charge in [-0.1, -0.05) is 19.1 Å². The number of ether oxygens (including phenoxy) is 2. The van der Waals surface area contributed by atoms with Crippen molar-refractivity contribution in [2.24, 2.45) is 0 Å². The third-order valence-electron chi connectivity index (χ3n) is 3.36. The van der Waals surface area contributed by atoms with E-state index in [-0.39, 0.29) is 11.6 Å². The molecule has 0 aliphatic carbocycles. The van der Waals surface area contributed by atoms with Crippen molar-refractivity contribution in [3.8, 4) is 0 Å². The number of hydrogen-bond acceptors (Lipinski definition) is 3. The van der Waals surface area contributed by atoms with Gasteiger partial charge in [-0.15, -0.1) is 0 Å². The van der Waals surface area contributed by atoms with Gasteiger partial charge in [-0.05, 0) is 19.9 Å². The van der Waals surface area contributed by atoms with Gasteiger partial charge in [0.1, 0.15) is 0 Å². The molecule has 1 aliphatic heterocycles. The van der Waals surface area contributed by atoms with Crippen molar-refractivity contribution in [2.75, 3.05) is 26.9 Å². The Hall–Kier alpha value is -0.380. The minimum atomic E-state index is -0.126. The highest BCUT2D eigenvalue weighted by atomic mass is 16.5. The zero-order valence-corrected chi connectivity index (χ0v) is 10.8. The Labute approximate surface area is 99.2 Å². The average Bonchev–Trinajstić information content (AvgIpc) is 2.30. The number of rotatable bonds is 6. The minimum Gasteiger partial charge on any atom is -0.381 e. The lowest BCUT2D eigenvalue weighted by molar-refractivity contribution is -0.103. The Bertz CT molecular complexity index is 222. The monoisotopic (exact) mass is 227 g/mol. The third kappa shape index (κ3) is 3.06. The number of hydrogen-bond donors (Lipinski definition) is 1. The predicted molar refractivity (Wildman–Crippen MR) is 66.7 cm³/mol. The van der Waals surface area contributed by atoms with Crippen LogP contribution in [0.2, 0.25) is 0 Å². The van der Waals surface area contributed by atoms with Crippen molar-refractivity contribution in [3.05, 3.63) is 12.2 Å². The second kappa shape index (κ2) is 6.38. The molecule has 1 rings (SSSR count). The Morgan fingerprint density at radius 2 is 2.12 bits per heavy atom. The van der Waals surface area contributed by atoms with E-state index < -0.39 is 0 Å². The van der Waals surface area contributed by atoms with Crippen LogP contribution in [-0.4, -0.2) is 38.5 Å². The molecule has 1 heterocycles. The summed E-state index contributed by atoms with van der Waals surface area (Å²) in [5, 5.41) is 3.55. The highest BCUT2D eigenvalue weighted by Gasteiger charge is 2.40. The average molecular weight is 227 g/mol. The molecule has 1 unspecified atom stereocenters. The molecular weight excluding hydrogens is 202 g/mol. The smallest absolute Gasteiger partial charge is 0.0912 e. The van der Waals surface area contributed by atoms with E-state index in [4.69, 9.17) is 9.47 Å². The molecule has 0 aromatic heterocycles. The maximum absolute atomic E-state index is 5.80. The van der Waals surface area contributed by atoms with Gasteiger partial charge < -0.3 is 14.8 Å². The van der Waals surface area contributed by atoms with Crippen LogP contribution in [0.15, 0.2) is 12.2 Å². The second-order valence-corrected chi connectivity index (χ2v) is 4.61. The molecule has 0 spiro atoms. The van der Waals surface area contributed by atoms with E-state index in [9.17, 15) is 0 Å². The van der Waals surface area contributed by atoms with Crippen molar-refractivity contribution in [2.45, 2.75) is 44.8 Å². The lowest BCUT2D eigenvalue weighted by Crippen LogP contribution is -2.55. The molecule has 0 bridgehead atoms. The van der Waals surface area contributed by atoms with Gasteiger partial charge in [0.2, 0.25) is 0 Å². The van der Waals surface area contributed by atoms with E-state index in [1.54, 1.807) is 7.11 Å². The summed E-state index contributed by atoms with van der Waals surface area (Å²) in [7, 11) is 1.80. The molecule has 1 fully saturated rings. The van der Waals surface area contributed by atoms with Gasteiger partial charge in [0, 0.05) is 33.2 Å². The molecule has 16 heavy (non-hydrogen) atoms. The van der Waals surface area contributed by atoms with Crippen LogP contribution in [0.4, 0.5) is 0 Å². The first-order valence-corrected chi connectivity index (χ1v) is 6.18. The van der Waals surface area contributed by atoms with Crippen molar-refractivity contribution in [1.29, 1.82) is 0 Å². The molecule has 1 saturated heterocycles. The van der Waals surface area contributed by atoms with E-state index in [1.807, 2.05) is 0 Å². The first-order chi connectivity index (χ1) is 7.66. The Morgan fingerprint density at radius 3 is 2.56 bits per heavy atom. The van der Waals surface area contributed by atoms with Crippen LogP contribution in [0.3, 0.4) is 0 Å². The van der Waals surface area contributed by atoms with Gasteiger partial charge in [0.25, 0.3) is 0 Å². The summed E-state index contributed by atoms with van der Waals surface area (Å²) in [6.45, 7) is 10.9. The molecule has 0 aromatic carbocycles. The van der Waals surface area contributed by atoms with Crippen LogP contribution in [-0.2, 0) is 9.47 Å². The normalized spacial score (nSPS) is 21.7. The Balaban J connectivity index is 2.74. The molecule has 1 aliphatic rings. The fraction of sp³-hybridized carbons (Fsp3) is 0.846. The van der Waals surface area contributed by atoms with Crippen LogP contribution in [0.25, 0.3) is 0 Å². The van der Waals surface area contributed by atoms with Crippen molar-refractivity contribution >= 4 is 0 Å². The predicted octanol–water partition coefficient (Wildman–Crippen LogP) is 2.13. The van der Waals surface area contributed by atoms with Crippen LogP contribution in [0, 0.1) is 0 Å². The van der Waals surface area contributed by atoms with Crippen LogP contribution in [0.1, 0.15) is 33.1 Å². The van der Waals surface area contributed by atoms with Gasteiger partial charge in [-0.2, -0.15) is 0 Å². The first-order valence-electron chi connectivity index (χ1n) is 6.18. The van der Waals surface area contributed by atoms with E-state index in [2.05, 4.69) is 25.7 Å². The lowest BCUT2D eigenvalue weighted by atomic mass is 9.82. The molecule has 0 saturated carbocycles. The highest BCUT2D eigenvalue weighted by molar-refractivity contribution is 5.12. The van der Waals surface area contributed by atoms with E-state index in [1.165, 1.54) is 0 Å². The minimum absolute atomic E-state index is 0.126. The summed E-state index contributed by atoms with van der Waals surface area (Å²) >= 11 is 0. The fourth-order valence-electron chi connectivity index (χ4n) is 2.43. The zero-order chi connectivity index (χ0) is 12.0. The van der Waals surface area contributed by atoms with Gasteiger partial charge in [-0.3, -0.25) is 0 Å². The van der Waals surface area contributed by atoms with Crippen LogP contribution < -0.4 is 5.32 Å².